The van der Waals surface area contributed by atoms with E-state index < -0.39 is 5.60 Å². The van der Waals surface area contributed by atoms with Gasteiger partial charge >= 0.3 is 0 Å². The van der Waals surface area contributed by atoms with Gasteiger partial charge < -0.3 is 16.6 Å². The average Bonchev–Trinajstić information content (AvgIpc) is 2.51. The van der Waals surface area contributed by atoms with Gasteiger partial charge in [0.15, 0.2) is 5.13 Å². The second-order valence-electron chi connectivity index (χ2n) is 2.65. The van der Waals surface area contributed by atoms with Crippen molar-refractivity contribution in [3.05, 3.63) is 11.1 Å². The lowest BCUT2D eigenvalue weighted by Crippen LogP contribution is -2.33. The van der Waals surface area contributed by atoms with E-state index in [4.69, 9.17) is 11.5 Å². The first-order valence-electron chi connectivity index (χ1n) is 3.76. The second kappa shape index (κ2) is 3.38. The number of nitrogen functional groups attached to an aromatic ring is 1. The molecule has 0 spiro atoms. The lowest BCUT2D eigenvalue weighted by Gasteiger charge is -2.22. The van der Waals surface area contributed by atoms with Crippen LogP contribution in [0.5, 0.6) is 0 Å². The molecular formula is C7H13N3OS. The largest absolute Gasteiger partial charge is 0.383 e. The fraction of sp³-hybridized carbons (Fsp3) is 0.571. The number of thiazole rings is 1. The molecule has 1 atom stereocenters. The predicted molar refractivity (Wildman–Crippen MR) is 49.8 cm³/mol. The van der Waals surface area contributed by atoms with E-state index in [2.05, 4.69) is 4.98 Å². The standard InChI is InChI=1S/C7H13N3OS/c1-2-7(11,4-8)5-3-10-6(9)12-5/h3,11H,2,4,8H2,1H3,(H2,9,10). The van der Waals surface area contributed by atoms with Gasteiger partial charge in [0.05, 0.1) is 4.88 Å². The molecule has 0 amide bonds. The van der Waals surface area contributed by atoms with Gasteiger partial charge in [0.1, 0.15) is 5.60 Å². The van der Waals surface area contributed by atoms with Crippen LogP contribution in [0.1, 0.15) is 18.2 Å². The Kier molecular flexibility index (Phi) is 2.66. The molecule has 0 saturated heterocycles. The van der Waals surface area contributed by atoms with Crippen molar-refractivity contribution in [2.24, 2.45) is 5.73 Å². The zero-order chi connectivity index (χ0) is 9.19. The number of nitrogens with two attached hydrogens (primary N) is 2. The van der Waals surface area contributed by atoms with E-state index in [0.29, 0.717) is 11.6 Å². The minimum absolute atomic E-state index is 0.200. The topological polar surface area (TPSA) is 85.2 Å². The molecule has 0 bridgehead atoms. The second-order valence-corrected chi connectivity index (χ2v) is 3.71. The highest BCUT2D eigenvalue weighted by molar-refractivity contribution is 7.15. The highest BCUT2D eigenvalue weighted by Gasteiger charge is 2.27. The quantitative estimate of drug-likeness (QED) is 0.634. The third-order valence-electron chi connectivity index (χ3n) is 1.90. The Labute approximate surface area is 75.2 Å². The molecule has 1 rings (SSSR count). The highest BCUT2D eigenvalue weighted by Crippen LogP contribution is 2.29. The van der Waals surface area contributed by atoms with Crippen LogP contribution in [0.4, 0.5) is 5.13 Å². The third-order valence-corrected chi connectivity index (χ3v) is 2.92. The van der Waals surface area contributed by atoms with Crippen LogP contribution in [0.3, 0.4) is 0 Å². The summed E-state index contributed by atoms with van der Waals surface area (Å²) in [6, 6.07) is 0. The van der Waals surface area contributed by atoms with E-state index in [0.717, 1.165) is 4.88 Å². The van der Waals surface area contributed by atoms with E-state index in [1.165, 1.54) is 11.3 Å². The molecule has 0 saturated carbocycles. The van der Waals surface area contributed by atoms with Crippen LogP contribution in [0.2, 0.25) is 0 Å². The van der Waals surface area contributed by atoms with E-state index in [-0.39, 0.29) is 6.54 Å². The third kappa shape index (κ3) is 1.57. The van der Waals surface area contributed by atoms with Gasteiger partial charge in [-0.05, 0) is 6.42 Å². The van der Waals surface area contributed by atoms with Gasteiger partial charge in [0.2, 0.25) is 0 Å². The zero-order valence-corrected chi connectivity index (χ0v) is 7.77. The Balaban J connectivity index is 2.94. The maximum absolute atomic E-state index is 9.90. The number of rotatable bonds is 3. The summed E-state index contributed by atoms with van der Waals surface area (Å²) in [6.45, 7) is 2.08. The van der Waals surface area contributed by atoms with E-state index in [9.17, 15) is 5.11 Å². The van der Waals surface area contributed by atoms with Crippen LogP contribution >= 0.6 is 11.3 Å². The lowest BCUT2D eigenvalue weighted by molar-refractivity contribution is 0.0454. The number of anilines is 1. The van der Waals surface area contributed by atoms with Crippen LogP contribution in [-0.2, 0) is 5.60 Å². The van der Waals surface area contributed by atoms with Crippen LogP contribution in [-0.4, -0.2) is 16.6 Å². The Hall–Kier alpha value is -0.650. The zero-order valence-electron chi connectivity index (χ0n) is 6.95. The summed E-state index contributed by atoms with van der Waals surface area (Å²) < 4.78 is 0. The van der Waals surface area contributed by atoms with Crippen molar-refractivity contribution in [2.45, 2.75) is 18.9 Å². The number of aromatic nitrogens is 1. The minimum atomic E-state index is -0.949. The molecule has 12 heavy (non-hydrogen) atoms. The summed E-state index contributed by atoms with van der Waals surface area (Å²) in [7, 11) is 0. The van der Waals surface area contributed by atoms with Gasteiger partial charge in [0.25, 0.3) is 0 Å². The fourth-order valence-electron chi connectivity index (χ4n) is 0.922. The van der Waals surface area contributed by atoms with Gasteiger partial charge in [-0.25, -0.2) is 4.98 Å². The molecule has 0 aromatic carbocycles. The van der Waals surface area contributed by atoms with Gasteiger partial charge in [-0.3, -0.25) is 0 Å². The summed E-state index contributed by atoms with van der Waals surface area (Å²) in [4.78, 5) is 4.60. The molecule has 1 aromatic rings. The summed E-state index contributed by atoms with van der Waals surface area (Å²) in [5.74, 6) is 0. The Bertz CT molecular complexity index is 257. The van der Waals surface area contributed by atoms with Crippen molar-refractivity contribution in [3.8, 4) is 0 Å². The molecule has 1 unspecified atom stereocenters. The van der Waals surface area contributed by atoms with E-state index in [1.54, 1.807) is 6.20 Å². The monoisotopic (exact) mass is 187 g/mol. The maximum atomic E-state index is 9.90. The molecule has 0 aliphatic heterocycles. The van der Waals surface area contributed by atoms with Gasteiger partial charge in [-0.2, -0.15) is 0 Å². The highest BCUT2D eigenvalue weighted by atomic mass is 32.1. The molecule has 0 aliphatic carbocycles. The van der Waals surface area contributed by atoms with Gasteiger partial charge in [-0.1, -0.05) is 18.3 Å². The van der Waals surface area contributed by atoms with Crippen molar-refractivity contribution in [3.63, 3.8) is 0 Å². The molecular weight excluding hydrogens is 174 g/mol. The van der Waals surface area contributed by atoms with Gasteiger partial charge in [0, 0.05) is 12.7 Å². The number of hydrogen-bond donors (Lipinski definition) is 3. The molecule has 68 valence electrons. The maximum Gasteiger partial charge on any atom is 0.180 e. The average molecular weight is 187 g/mol. The summed E-state index contributed by atoms with van der Waals surface area (Å²) in [6.07, 6.45) is 2.15. The lowest BCUT2D eigenvalue weighted by atomic mass is 10.0. The minimum Gasteiger partial charge on any atom is -0.383 e. The molecule has 0 radical (unpaired) electrons. The predicted octanol–water partition coefficient (Wildman–Crippen LogP) is 0.282. The first-order chi connectivity index (χ1) is 5.62. The van der Waals surface area contributed by atoms with Crippen LogP contribution in [0, 0.1) is 0 Å². The molecule has 4 nitrogen and oxygen atoms in total. The molecule has 0 aliphatic rings. The van der Waals surface area contributed by atoms with Gasteiger partial charge in [-0.15, -0.1) is 0 Å². The first-order valence-corrected chi connectivity index (χ1v) is 4.58. The van der Waals surface area contributed by atoms with Crippen molar-refractivity contribution < 1.29 is 5.11 Å². The smallest absolute Gasteiger partial charge is 0.180 e. The SMILES string of the molecule is CCC(O)(CN)c1cnc(N)s1. The Morgan fingerprint density at radius 2 is 2.42 bits per heavy atom. The number of aliphatic hydroxyl groups is 1. The van der Waals surface area contributed by atoms with Crippen LogP contribution in [0.25, 0.3) is 0 Å². The molecule has 1 heterocycles. The fourth-order valence-corrected chi connectivity index (χ4v) is 1.78. The molecule has 5 N–H and O–H groups in total. The summed E-state index contributed by atoms with van der Waals surface area (Å²) in [5.41, 5.74) is 9.94. The normalized spacial score (nSPS) is 15.9. The first kappa shape index (κ1) is 9.44. The van der Waals surface area contributed by atoms with Crippen molar-refractivity contribution in [1.82, 2.24) is 4.98 Å². The number of nitrogens with zero attached hydrogens (tertiary/aromatic N) is 1. The van der Waals surface area contributed by atoms with Crippen molar-refractivity contribution in [1.29, 1.82) is 0 Å². The molecule has 0 fully saturated rings. The van der Waals surface area contributed by atoms with Crippen LogP contribution < -0.4 is 11.5 Å². The van der Waals surface area contributed by atoms with E-state index in [1.807, 2.05) is 6.92 Å². The number of hydrogen-bond acceptors (Lipinski definition) is 5. The Morgan fingerprint density at radius 3 is 2.75 bits per heavy atom. The molecule has 5 heteroatoms. The summed E-state index contributed by atoms with van der Waals surface area (Å²) in [5, 5.41) is 10.4. The molecule has 1 aromatic heterocycles. The summed E-state index contributed by atoms with van der Waals surface area (Å²) >= 11 is 1.28. The van der Waals surface area contributed by atoms with E-state index >= 15 is 0 Å². The van der Waals surface area contributed by atoms with Crippen molar-refractivity contribution >= 4 is 16.5 Å². The van der Waals surface area contributed by atoms with Crippen molar-refractivity contribution in [2.75, 3.05) is 12.3 Å². The Morgan fingerprint density at radius 1 is 1.75 bits per heavy atom. The van der Waals surface area contributed by atoms with Crippen LogP contribution in [0.15, 0.2) is 6.20 Å².